The summed E-state index contributed by atoms with van der Waals surface area (Å²) < 4.78 is 34.9. The van der Waals surface area contributed by atoms with E-state index in [0.717, 1.165) is 22.3 Å². The minimum absolute atomic E-state index is 0.00268. The fourth-order valence-electron chi connectivity index (χ4n) is 4.85. The SMILES string of the molecule is COc1cc2c(c(OC)c1OC)-c1c(cc(O)c(OC)c1OC)C1OC2C(C)C1C. The molecule has 162 valence electrons. The summed E-state index contributed by atoms with van der Waals surface area (Å²) in [4.78, 5) is 0. The third-order valence-corrected chi connectivity index (χ3v) is 6.46. The Labute approximate surface area is 176 Å². The zero-order chi connectivity index (χ0) is 21.7. The second-order valence-corrected chi connectivity index (χ2v) is 7.73. The molecule has 2 aliphatic heterocycles. The Bertz CT molecular complexity index is 984. The topological polar surface area (TPSA) is 75.6 Å². The molecule has 1 fully saturated rings. The average Bonchev–Trinajstić information content (AvgIpc) is 2.97. The molecule has 7 nitrogen and oxygen atoms in total. The molecular weight excluding hydrogens is 388 g/mol. The molecule has 0 spiro atoms. The number of fused-ring (bicyclic) bond motifs is 7. The van der Waals surface area contributed by atoms with Gasteiger partial charge in [0, 0.05) is 11.1 Å². The lowest BCUT2D eigenvalue weighted by Crippen LogP contribution is -2.15. The summed E-state index contributed by atoms with van der Waals surface area (Å²) in [6.45, 7) is 4.34. The van der Waals surface area contributed by atoms with Crippen molar-refractivity contribution in [1.82, 2.24) is 0 Å². The molecule has 0 aliphatic carbocycles. The normalized spacial score (nSPS) is 23.8. The quantitative estimate of drug-likeness (QED) is 0.769. The highest BCUT2D eigenvalue weighted by atomic mass is 16.5. The van der Waals surface area contributed by atoms with Crippen molar-refractivity contribution in [3.8, 4) is 45.6 Å². The Morgan fingerprint density at radius 1 is 0.667 bits per heavy atom. The summed E-state index contributed by atoms with van der Waals surface area (Å²) in [6.07, 6.45) is -0.404. The lowest BCUT2D eigenvalue weighted by molar-refractivity contribution is 0.0312. The van der Waals surface area contributed by atoms with Crippen LogP contribution in [0.4, 0.5) is 0 Å². The van der Waals surface area contributed by atoms with Gasteiger partial charge in [-0.3, -0.25) is 0 Å². The number of hydrogen-bond donors (Lipinski definition) is 1. The van der Waals surface area contributed by atoms with Gasteiger partial charge < -0.3 is 33.5 Å². The predicted molar refractivity (Wildman–Crippen MR) is 111 cm³/mol. The monoisotopic (exact) mass is 416 g/mol. The standard InChI is InChI=1S/C23H28O7/c1-10-11(2)19-13-9-15(25-3)21(27-5)23(29-7)17(13)16-12(18(10)30-19)8-14(24)20(26-4)22(16)28-6/h8-11,18-19,24H,1-7H3. The fraction of sp³-hybridized carbons (Fsp3) is 0.478. The van der Waals surface area contributed by atoms with Crippen LogP contribution in [0, 0.1) is 11.8 Å². The number of hydrogen-bond acceptors (Lipinski definition) is 7. The molecule has 0 aromatic heterocycles. The van der Waals surface area contributed by atoms with Crippen molar-refractivity contribution in [1.29, 1.82) is 0 Å². The molecule has 2 aromatic carbocycles. The lowest BCUT2D eigenvalue weighted by Gasteiger charge is -2.28. The second kappa shape index (κ2) is 7.47. The first-order valence-electron chi connectivity index (χ1n) is 9.89. The van der Waals surface area contributed by atoms with Gasteiger partial charge in [0.1, 0.15) is 0 Å². The van der Waals surface area contributed by atoms with Crippen molar-refractivity contribution in [2.45, 2.75) is 26.1 Å². The predicted octanol–water partition coefficient (Wildman–Crippen LogP) is 4.50. The number of phenols is 1. The van der Waals surface area contributed by atoms with Crippen LogP contribution >= 0.6 is 0 Å². The van der Waals surface area contributed by atoms with E-state index < -0.39 is 0 Å². The van der Waals surface area contributed by atoms with E-state index in [4.69, 9.17) is 28.4 Å². The zero-order valence-corrected chi connectivity index (χ0v) is 18.4. The summed E-state index contributed by atoms with van der Waals surface area (Å²) in [5.41, 5.74) is 3.32. The van der Waals surface area contributed by atoms with E-state index in [-0.39, 0.29) is 35.5 Å². The second-order valence-electron chi connectivity index (χ2n) is 7.73. The number of aromatic hydroxyl groups is 1. The maximum Gasteiger partial charge on any atom is 0.203 e. The van der Waals surface area contributed by atoms with Gasteiger partial charge in [0.05, 0.1) is 47.8 Å². The van der Waals surface area contributed by atoms with Crippen LogP contribution in [0.15, 0.2) is 12.1 Å². The van der Waals surface area contributed by atoms with Gasteiger partial charge in [-0.15, -0.1) is 0 Å². The minimum atomic E-state index is -0.222. The van der Waals surface area contributed by atoms with Gasteiger partial charge in [-0.25, -0.2) is 0 Å². The Hall–Kier alpha value is -2.80. The first-order chi connectivity index (χ1) is 14.4. The van der Waals surface area contributed by atoms with Crippen molar-refractivity contribution in [3.05, 3.63) is 23.3 Å². The van der Waals surface area contributed by atoms with E-state index in [2.05, 4.69) is 13.8 Å². The molecule has 1 N–H and O–H groups in total. The van der Waals surface area contributed by atoms with E-state index in [1.807, 2.05) is 6.07 Å². The van der Waals surface area contributed by atoms with Gasteiger partial charge in [0.15, 0.2) is 23.0 Å². The number of rotatable bonds is 5. The van der Waals surface area contributed by atoms with Crippen molar-refractivity contribution >= 4 is 0 Å². The van der Waals surface area contributed by atoms with Crippen LogP contribution in [0.1, 0.15) is 37.2 Å². The van der Waals surface area contributed by atoms with Gasteiger partial charge in [-0.1, -0.05) is 13.8 Å². The summed E-state index contributed by atoms with van der Waals surface area (Å²) in [5, 5.41) is 10.7. The van der Waals surface area contributed by atoms with Gasteiger partial charge in [-0.2, -0.15) is 0 Å². The van der Waals surface area contributed by atoms with Gasteiger partial charge in [0.25, 0.3) is 0 Å². The van der Waals surface area contributed by atoms with Crippen LogP contribution in [-0.4, -0.2) is 40.7 Å². The summed E-state index contributed by atoms with van der Waals surface area (Å²) >= 11 is 0. The highest BCUT2D eigenvalue weighted by Crippen LogP contribution is 2.63. The fourth-order valence-corrected chi connectivity index (χ4v) is 4.85. The molecule has 2 heterocycles. The van der Waals surface area contributed by atoms with E-state index >= 15 is 0 Å². The largest absolute Gasteiger partial charge is 0.504 e. The van der Waals surface area contributed by atoms with Gasteiger partial charge in [0.2, 0.25) is 11.5 Å². The highest BCUT2D eigenvalue weighted by Gasteiger charge is 2.48. The first-order valence-corrected chi connectivity index (χ1v) is 9.89. The van der Waals surface area contributed by atoms with Crippen LogP contribution in [0.2, 0.25) is 0 Å². The van der Waals surface area contributed by atoms with E-state index in [1.165, 1.54) is 7.11 Å². The van der Waals surface area contributed by atoms with Crippen molar-refractivity contribution in [2.24, 2.45) is 11.8 Å². The lowest BCUT2D eigenvalue weighted by atomic mass is 9.77. The average molecular weight is 416 g/mol. The number of phenolic OH excluding ortho intramolecular Hbond substituents is 1. The third kappa shape index (κ3) is 2.61. The highest BCUT2D eigenvalue weighted by molar-refractivity contribution is 5.89. The van der Waals surface area contributed by atoms with Crippen molar-refractivity contribution in [2.75, 3.05) is 35.5 Å². The molecule has 1 saturated heterocycles. The third-order valence-electron chi connectivity index (χ3n) is 6.46. The molecule has 4 atom stereocenters. The minimum Gasteiger partial charge on any atom is -0.504 e. The molecule has 30 heavy (non-hydrogen) atoms. The Kier molecular flexibility index (Phi) is 5.10. The number of ether oxygens (including phenoxy) is 6. The summed E-state index contributed by atoms with van der Waals surface area (Å²) in [7, 11) is 7.82. The van der Waals surface area contributed by atoms with Gasteiger partial charge in [-0.05, 0) is 35.1 Å². The molecule has 0 amide bonds. The van der Waals surface area contributed by atoms with E-state index in [9.17, 15) is 5.11 Å². The van der Waals surface area contributed by atoms with E-state index in [0.29, 0.717) is 23.0 Å². The Morgan fingerprint density at radius 3 is 1.60 bits per heavy atom. The summed E-state index contributed by atoms with van der Waals surface area (Å²) in [5.74, 6) is 2.72. The maximum atomic E-state index is 10.7. The molecule has 4 unspecified atom stereocenters. The molecule has 4 rings (SSSR count). The first kappa shape index (κ1) is 20.5. The smallest absolute Gasteiger partial charge is 0.203 e. The van der Waals surface area contributed by atoms with Crippen LogP contribution in [0.3, 0.4) is 0 Å². The molecule has 2 aromatic rings. The Balaban J connectivity index is 2.20. The van der Waals surface area contributed by atoms with Crippen molar-refractivity contribution < 1.29 is 33.5 Å². The van der Waals surface area contributed by atoms with Crippen LogP contribution < -0.4 is 23.7 Å². The van der Waals surface area contributed by atoms with Crippen LogP contribution in [-0.2, 0) is 4.74 Å². The molecule has 2 bridgehead atoms. The molecule has 0 radical (unpaired) electrons. The van der Waals surface area contributed by atoms with Crippen LogP contribution in [0.25, 0.3) is 11.1 Å². The number of benzene rings is 2. The summed E-state index contributed by atoms with van der Waals surface area (Å²) in [6, 6.07) is 3.65. The van der Waals surface area contributed by atoms with Crippen molar-refractivity contribution in [3.63, 3.8) is 0 Å². The number of methoxy groups -OCH3 is 5. The Morgan fingerprint density at radius 2 is 1.13 bits per heavy atom. The zero-order valence-electron chi connectivity index (χ0n) is 18.4. The van der Waals surface area contributed by atoms with E-state index in [1.54, 1.807) is 34.5 Å². The van der Waals surface area contributed by atoms with Gasteiger partial charge >= 0.3 is 0 Å². The molecule has 2 aliphatic rings. The van der Waals surface area contributed by atoms with Crippen LogP contribution in [0.5, 0.6) is 34.5 Å². The molecule has 0 saturated carbocycles. The molecular formula is C23H28O7. The molecule has 7 heteroatoms. The maximum absolute atomic E-state index is 10.7.